The Morgan fingerprint density at radius 2 is 1.86 bits per heavy atom. The van der Waals surface area contributed by atoms with Gasteiger partial charge in [0.2, 0.25) is 5.91 Å². The maximum absolute atomic E-state index is 12.2. The van der Waals surface area contributed by atoms with Crippen molar-refractivity contribution >= 4 is 22.9 Å². The normalized spacial score (nSPS) is 10.5. The molecule has 0 fully saturated rings. The predicted molar refractivity (Wildman–Crippen MR) is 87.8 cm³/mol. The van der Waals surface area contributed by atoms with Gasteiger partial charge < -0.3 is 9.80 Å². The Morgan fingerprint density at radius 1 is 1.19 bits per heavy atom. The van der Waals surface area contributed by atoms with Gasteiger partial charge in [0.05, 0.1) is 17.1 Å². The summed E-state index contributed by atoms with van der Waals surface area (Å²) in [5, 5.41) is 2.95. The molecule has 4 nitrogen and oxygen atoms in total. The van der Waals surface area contributed by atoms with Crippen LogP contribution in [0.4, 0.5) is 5.69 Å². The van der Waals surface area contributed by atoms with Crippen LogP contribution in [0.15, 0.2) is 29.6 Å². The first kappa shape index (κ1) is 15.5. The lowest BCUT2D eigenvalue weighted by Crippen LogP contribution is -2.27. The second-order valence-electron chi connectivity index (χ2n) is 5.35. The number of nitrogens with zero attached hydrogens (tertiary/aromatic N) is 3. The predicted octanol–water partition coefficient (Wildman–Crippen LogP) is 2.72. The Balaban J connectivity index is 1.93. The maximum Gasteiger partial charge on any atom is 0.228 e. The summed E-state index contributed by atoms with van der Waals surface area (Å²) in [5.41, 5.74) is 3.15. The molecular weight excluding hydrogens is 282 g/mol. The summed E-state index contributed by atoms with van der Waals surface area (Å²) < 4.78 is 0. The molecule has 2 rings (SSSR count). The van der Waals surface area contributed by atoms with Crippen LogP contribution in [0.5, 0.6) is 0 Å². The van der Waals surface area contributed by atoms with Gasteiger partial charge in [-0.15, -0.1) is 11.3 Å². The Labute approximate surface area is 130 Å². The summed E-state index contributed by atoms with van der Waals surface area (Å²) in [6, 6.07) is 8.26. The summed E-state index contributed by atoms with van der Waals surface area (Å²) in [6.45, 7) is 2.57. The average Bonchev–Trinajstić information content (AvgIpc) is 2.84. The van der Waals surface area contributed by atoms with Crippen LogP contribution in [0.2, 0.25) is 0 Å². The molecule has 1 amide bonds. The van der Waals surface area contributed by atoms with Crippen molar-refractivity contribution in [2.24, 2.45) is 0 Å². The van der Waals surface area contributed by atoms with E-state index in [0.717, 1.165) is 22.0 Å². The fourth-order valence-electron chi connectivity index (χ4n) is 2.04. The van der Waals surface area contributed by atoms with E-state index in [0.29, 0.717) is 13.0 Å². The van der Waals surface area contributed by atoms with Gasteiger partial charge in [-0.25, -0.2) is 4.98 Å². The van der Waals surface area contributed by atoms with Crippen molar-refractivity contribution in [3.63, 3.8) is 0 Å². The molecule has 0 atom stereocenters. The molecule has 0 bridgehead atoms. The Hall–Kier alpha value is -1.88. The van der Waals surface area contributed by atoms with Crippen LogP contribution in [0.3, 0.4) is 0 Å². The fourth-order valence-corrected chi connectivity index (χ4v) is 2.65. The Bertz CT molecular complexity index is 604. The molecule has 0 saturated heterocycles. The zero-order valence-corrected chi connectivity index (χ0v) is 13.8. The van der Waals surface area contributed by atoms with Crippen molar-refractivity contribution in [1.29, 1.82) is 0 Å². The molecule has 0 spiro atoms. The molecule has 1 aromatic heterocycles. The minimum Gasteiger partial charge on any atom is -0.378 e. The standard InChI is InChI=1S/C16H21N3OS/c1-12-17-14(11-21-12)9-16(20)19(4)10-13-5-7-15(8-6-13)18(2)3/h5-8,11H,9-10H2,1-4H3. The highest BCUT2D eigenvalue weighted by atomic mass is 32.1. The number of aryl methyl sites for hydroxylation is 1. The molecule has 0 aliphatic rings. The van der Waals surface area contributed by atoms with Crippen molar-refractivity contribution < 1.29 is 4.79 Å². The van der Waals surface area contributed by atoms with Gasteiger partial charge in [0.15, 0.2) is 0 Å². The largest absolute Gasteiger partial charge is 0.378 e. The monoisotopic (exact) mass is 303 g/mol. The third-order valence-electron chi connectivity index (χ3n) is 3.30. The summed E-state index contributed by atoms with van der Waals surface area (Å²) in [5.74, 6) is 0.0944. The molecule has 0 aliphatic heterocycles. The smallest absolute Gasteiger partial charge is 0.228 e. The van der Waals surface area contributed by atoms with Crippen LogP contribution in [-0.4, -0.2) is 36.9 Å². The van der Waals surface area contributed by atoms with Gasteiger partial charge in [-0.1, -0.05) is 12.1 Å². The zero-order valence-electron chi connectivity index (χ0n) is 13.0. The fraction of sp³-hybridized carbons (Fsp3) is 0.375. The van der Waals surface area contributed by atoms with Gasteiger partial charge in [0, 0.05) is 38.8 Å². The van der Waals surface area contributed by atoms with Crippen molar-refractivity contribution in [2.75, 3.05) is 26.0 Å². The number of carbonyl (C=O) groups excluding carboxylic acids is 1. The molecule has 1 heterocycles. The molecule has 0 saturated carbocycles. The van der Waals surface area contributed by atoms with E-state index < -0.39 is 0 Å². The topological polar surface area (TPSA) is 36.4 Å². The van der Waals surface area contributed by atoms with Crippen molar-refractivity contribution in [1.82, 2.24) is 9.88 Å². The zero-order chi connectivity index (χ0) is 15.4. The summed E-state index contributed by atoms with van der Waals surface area (Å²) in [6.07, 6.45) is 0.372. The highest BCUT2D eigenvalue weighted by molar-refractivity contribution is 7.09. The van der Waals surface area contributed by atoms with E-state index in [9.17, 15) is 4.79 Å². The highest BCUT2D eigenvalue weighted by Crippen LogP contribution is 2.14. The number of thiazole rings is 1. The van der Waals surface area contributed by atoms with Crippen LogP contribution in [0.25, 0.3) is 0 Å². The minimum absolute atomic E-state index is 0.0944. The van der Waals surface area contributed by atoms with E-state index in [1.54, 1.807) is 16.2 Å². The van der Waals surface area contributed by atoms with Gasteiger partial charge in [-0.3, -0.25) is 4.79 Å². The number of rotatable bonds is 5. The SMILES string of the molecule is Cc1nc(CC(=O)N(C)Cc2ccc(N(C)C)cc2)cs1. The van der Waals surface area contributed by atoms with Crippen molar-refractivity contribution in [3.05, 3.63) is 45.9 Å². The first-order valence-electron chi connectivity index (χ1n) is 6.87. The number of anilines is 1. The highest BCUT2D eigenvalue weighted by Gasteiger charge is 2.12. The number of hydrogen-bond donors (Lipinski definition) is 0. The van der Waals surface area contributed by atoms with Crippen LogP contribution in [0.1, 0.15) is 16.3 Å². The summed E-state index contributed by atoms with van der Waals surface area (Å²) in [4.78, 5) is 20.3. The maximum atomic E-state index is 12.2. The van der Waals surface area contributed by atoms with E-state index in [4.69, 9.17) is 0 Å². The lowest BCUT2D eigenvalue weighted by atomic mass is 10.2. The van der Waals surface area contributed by atoms with E-state index in [1.807, 2.05) is 33.4 Å². The number of hydrogen-bond acceptors (Lipinski definition) is 4. The minimum atomic E-state index is 0.0944. The molecule has 0 unspecified atom stereocenters. The number of likely N-dealkylation sites (N-methyl/N-ethyl adjacent to an activating group) is 1. The molecular formula is C16H21N3OS. The summed E-state index contributed by atoms with van der Waals surface area (Å²) in [7, 11) is 5.86. The van der Waals surface area contributed by atoms with Crippen LogP contribution < -0.4 is 4.90 Å². The second kappa shape index (κ2) is 6.72. The number of aromatic nitrogens is 1. The first-order valence-corrected chi connectivity index (χ1v) is 7.75. The molecule has 0 aliphatic carbocycles. The van der Waals surface area contributed by atoms with Gasteiger partial charge in [0.25, 0.3) is 0 Å². The van der Waals surface area contributed by atoms with E-state index in [2.05, 4.69) is 34.1 Å². The molecule has 112 valence electrons. The number of amides is 1. The first-order chi connectivity index (χ1) is 9.95. The van der Waals surface area contributed by atoms with Crippen molar-refractivity contribution in [3.8, 4) is 0 Å². The van der Waals surface area contributed by atoms with E-state index in [-0.39, 0.29) is 5.91 Å². The summed E-state index contributed by atoms with van der Waals surface area (Å²) >= 11 is 1.58. The quantitative estimate of drug-likeness (QED) is 0.852. The van der Waals surface area contributed by atoms with Gasteiger partial charge in [0.1, 0.15) is 0 Å². The van der Waals surface area contributed by atoms with E-state index in [1.165, 1.54) is 0 Å². The van der Waals surface area contributed by atoms with Crippen LogP contribution in [-0.2, 0) is 17.8 Å². The van der Waals surface area contributed by atoms with Crippen molar-refractivity contribution in [2.45, 2.75) is 19.9 Å². The average molecular weight is 303 g/mol. The Kier molecular flexibility index (Phi) is 4.96. The lowest BCUT2D eigenvalue weighted by Gasteiger charge is -2.18. The van der Waals surface area contributed by atoms with Crippen LogP contribution in [0, 0.1) is 6.92 Å². The van der Waals surface area contributed by atoms with Gasteiger partial charge in [-0.2, -0.15) is 0 Å². The van der Waals surface area contributed by atoms with E-state index >= 15 is 0 Å². The molecule has 0 N–H and O–H groups in total. The lowest BCUT2D eigenvalue weighted by molar-refractivity contribution is -0.129. The third kappa shape index (κ3) is 4.29. The van der Waals surface area contributed by atoms with Crippen LogP contribution >= 0.6 is 11.3 Å². The van der Waals surface area contributed by atoms with Gasteiger partial charge >= 0.3 is 0 Å². The third-order valence-corrected chi connectivity index (χ3v) is 4.12. The molecule has 21 heavy (non-hydrogen) atoms. The molecule has 0 radical (unpaired) electrons. The number of benzene rings is 1. The molecule has 1 aromatic carbocycles. The second-order valence-corrected chi connectivity index (χ2v) is 6.41. The molecule has 5 heteroatoms. The Morgan fingerprint density at radius 3 is 2.38 bits per heavy atom. The number of carbonyl (C=O) groups is 1. The molecule has 2 aromatic rings. The van der Waals surface area contributed by atoms with Gasteiger partial charge in [-0.05, 0) is 24.6 Å².